The number of hydrazine groups is 1. The molecule has 0 spiro atoms. The average molecular weight is 286 g/mol. The van der Waals surface area contributed by atoms with E-state index in [1.165, 1.54) is 0 Å². The van der Waals surface area contributed by atoms with Crippen molar-refractivity contribution < 1.29 is 9.47 Å². The number of nitrogens with two attached hydrogens (primary N) is 1. The summed E-state index contributed by atoms with van der Waals surface area (Å²) in [5, 5.41) is 0. The first kappa shape index (κ1) is 15.4. The first-order chi connectivity index (χ1) is 10.2. The van der Waals surface area contributed by atoms with E-state index >= 15 is 0 Å². The highest BCUT2D eigenvalue weighted by atomic mass is 16.5. The molecule has 3 N–H and O–H groups in total. The second-order valence-corrected chi connectivity index (χ2v) is 5.05. The molecule has 0 saturated carbocycles. The third-order valence-electron chi connectivity index (χ3n) is 3.21. The molecule has 0 heterocycles. The SMILES string of the molecule is COc1ccccc1C(NN)c1ccccc1OC(C)C. The van der Waals surface area contributed by atoms with Crippen LogP contribution in [0.4, 0.5) is 0 Å². The summed E-state index contributed by atoms with van der Waals surface area (Å²) in [5.41, 5.74) is 4.82. The van der Waals surface area contributed by atoms with Gasteiger partial charge in [0, 0.05) is 11.1 Å². The van der Waals surface area contributed by atoms with Gasteiger partial charge in [0.05, 0.1) is 19.3 Å². The van der Waals surface area contributed by atoms with Crippen molar-refractivity contribution >= 4 is 0 Å². The minimum absolute atomic E-state index is 0.0993. The lowest BCUT2D eigenvalue weighted by atomic mass is 9.97. The average Bonchev–Trinajstić information content (AvgIpc) is 2.49. The number of methoxy groups -OCH3 is 1. The van der Waals surface area contributed by atoms with E-state index in [1.807, 2.05) is 62.4 Å². The summed E-state index contributed by atoms with van der Waals surface area (Å²) in [5.74, 6) is 7.41. The third-order valence-corrected chi connectivity index (χ3v) is 3.21. The van der Waals surface area contributed by atoms with Crippen LogP contribution < -0.4 is 20.7 Å². The molecule has 21 heavy (non-hydrogen) atoms. The van der Waals surface area contributed by atoms with Crippen LogP contribution in [-0.2, 0) is 0 Å². The lowest BCUT2D eigenvalue weighted by Gasteiger charge is -2.23. The van der Waals surface area contributed by atoms with Gasteiger partial charge in [-0.1, -0.05) is 36.4 Å². The quantitative estimate of drug-likeness (QED) is 0.633. The van der Waals surface area contributed by atoms with Crippen LogP contribution >= 0.6 is 0 Å². The van der Waals surface area contributed by atoms with E-state index in [0.717, 1.165) is 22.6 Å². The fourth-order valence-electron chi connectivity index (χ4n) is 2.33. The maximum absolute atomic E-state index is 5.89. The number of benzene rings is 2. The van der Waals surface area contributed by atoms with Gasteiger partial charge in [-0.25, -0.2) is 5.43 Å². The van der Waals surface area contributed by atoms with Crippen LogP contribution in [0.3, 0.4) is 0 Å². The van der Waals surface area contributed by atoms with Gasteiger partial charge in [-0.2, -0.15) is 0 Å². The van der Waals surface area contributed by atoms with Crippen molar-refractivity contribution in [3.8, 4) is 11.5 Å². The van der Waals surface area contributed by atoms with E-state index in [4.69, 9.17) is 15.3 Å². The summed E-state index contributed by atoms with van der Waals surface area (Å²) >= 11 is 0. The first-order valence-electron chi connectivity index (χ1n) is 7.02. The van der Waals surface area contributed by atoms with Crippen LogP contribution in [0.5, 0.6) is 11.5 Å². The molecule has 1 atom stereocenters. The van der Waals surface area contributed by atoms with Gasteiger partial charge in [-0.3, -0.25) is 5.84 Å². The minimum atomic E-state index is -0.198. The second kappa shape index (κ2) is 7.11. The van der Waals surface area contributed by atoms with E-state index in [9.17, 15) is 0 Å². The summed E-state index contributed by atoms with van der Waals surface area (Å²) in [4.78, 5) is 0. The molecule has 4 heteroatoms. The Morgan fingerprint density at radius 3 is 1.95 bits per heavy atom. The highest BCUT2D eigenvalue weighted by molar-refractivity contribution is 5.46. The molecule has 0 bridgehead atoms. The molecular formula is C17H22N2O2. The summed E-state index contributed by atoms with van der Waals surface area (Å²) in [7, 11) is 1.66. The van der Waals surface area contributed by atoms with E-state index < -0.39 is 0 Å². The summed E-state index contributed by atoms with van der Waals surface area (Å²) in [6.45, 7) is 4.01. The monoisotopic (exact) mass is 286 g/mol. The van der Waals surface area contributed by atoms with Crippen LogP contribution in [0.1, 0.15) is 31.0 Å². The Bertz CT molecular complexity index is 585. The Hall–Kier alpha value is -2.04. The normalized spacial score (nSPS) is 12.2. The molecule has 112 valence electrons. The Balaban J connectivity index is 2.46. The van der Waals surface area contributed by atoms with Gasteiger partial charge in [-0.15, -0.1) is 0 Å². The van der Waals surface area contributed by atoms with Gasteiger partial charge in [0.1, 0.15) is 11.5 Å². The lowest BCUT2D eigenvalue weighted by molar-refractivity contribution is 0.238. The highest BCUT2D eigenvalue weighted by Crippen LogP contribution is 2.34. The van der Waals surface area contributed by atoms with Crippen LogP contribution in [0.2, 0.25) is 0 Å². The number of hydrogen-bond donors (Lipinski definition) is 2. The standard InChI is InChI=1S/C17H22N2O2/c1-12(2)21-16-11-7-5-9-14(16)17(19-18)13-8-4-6-10-15(13)20-3/h4-12,17,19H,18H2,1-3H3. The molecule has 2 aromatic rings. The van der Waals surface area contributed by atoms with Crippen LogP contribution in [0.15, 0.2) is 48.5 Å². The molecule has 0 aliphatic rings. The molecule has 4 nitrogen and oxygen atoms in total. The first-order valence-corrected chi connectivity index (χ1v) is 7.02. The van der Waals surface area contributed by atoms with Gasteiger partial charge < -0.3 is 9.47 Å². The van der Waals surface area contributed by atoms with E-state index in [1.54, 1.807) is 7.11 Å². The molecule has 0 aliphatic carbocycles. The molecule has 0 aromatic heterocycles. The Labute approximate surface area is 125 Å². The fraction of sp³-hybridized carbons (Fsp3) is 0.294. The van der Waals surface area contributed by atoms with Crippen molar-refractivity contribution in [2.45, 2.75) is 26.0 Å². The van der Waals surface area contributed by atoms with E-state index in [0.29, 0.717) is 0 Å². The number of rotatable bonds is 6. The third kappa shape index (κ3) is 3.54. The van der Waals surface area contributed by atoms with Gasteiger partial charge in [0.15, 0.2) is 0 Å². The van der Waals surface area contributed by atoms with E-state index in [2.05, 4.69) is 5.43 Å². The predicted molar refractivity (Wildman–Crippen MR) is 84.4 cm³/mol. The zero-order chi connectivity index (χ0) is 15.2. The maximum atomic E-state index is 5.89. The minimum Gasteiger partial charge on any atom is -0.496 e. The number of para-hydroxylation sites is 2. The summed E-state index contributed by atoms with van der Waals surface area (Å²) < 4.78 is 11.3. The molecule has 0 amide bonds. The van der Waals surface area contributed by atoms with E-state index in [-0.39, 0.29) is 12.1 Å². The molecule has 2 rings (SSSR count). The highest BCUT2D eigenvalue weighted by Gasteiger charge is 2.20. The molecule has 1 unspecified atom stereocenters. The van der Waals surface area contributed by atoms with Gasteiger partial charge in [0.2, 0.25) is 0 Å². The molecular weight excluding hydrogens is 264 g/mol. The summed E-state index contributed by atoms with van der Waals surface area (Å²) in [6, 6.07) is 15.5. The largest absolute Gasteiger partial charge is 0.496 e. The predicted octanol–water partition coefficient (Wildman–Crippen LogP) is 3.04. The number of nitrogens with one attached hydrogen (secondary N) is 1. The Morgan fingerprint density at radius 2 is 1.43 bits per heavy atom. The Morgan fingerprint density at radius 1 is 0.905 bits per heavy atom. The molecule has 0 radical (unpaired) electrons. The topological polar surface area (TPSA) is 56.5 Å². The van der Waals surface area contributed by atoms with Gasteiger partial charge in [-0.05, 0) is 26.0 Å². The zero-order valence-electron chi connectivity index (χ0n) is 12.7. The lowest BCUT2D eigenvalue weighted by Crippen LogP contribution is -2.29. The maximum Gasteiger partial charge on any atom is 0.124 e. The molecule has 0 fully saturated rings. The molecule has 2 aromatic carbocycles. The van der Waals surface area contributed by atoms with Crippen molar-refractivity contribution in [2.24, 2.45) is 5.84 Å². The van der Waals surface area contributed by atoms with Crippen molar-refractivity contribution in [1.29, 1.82) is 0 Å². The van der Waals surface area contributed by atoms with Crippen molar-refractivity contribution in [3.05, 3.63) is 59.7 Å². The van der Waals surface area contributed by atoms with Gasteiger partial charge >= 0.3 is 0 Å². The fourth-order valence-corrected chi connectivity index (χ4v) is 2.33. The molecule has 0 aliphatic heterocycles. The van der Waals surface area contributed by atoms with Crippen LogP contribution in [0.25, 0.3) is 0 Å². The van der Waals surface area contributed by atoms with Crippen molar-refractivity contribution in [1.82, 2.24) is 5.43 Å². The van der Waals surface area contributed by atoms with Crippen molar-refractivity contribution in [3.63, 3.8) is 0 Å². The Kier molecular flexibility index (Phi) is 5.20. The smallest absolute Gasteiger partial charge is 0.124 e. The van der Waals surface area contributed by atoms with Crippen molar-refractivity contribution in [2.75, 3.05) is 7.11 Å². The van der Waals surface area contributed by atoms with Crippen LogP contribution in [-0.4, -0.2) is 13.2 Å². The number of ether oxygens (including phenoxy) is 2. The zero-order valence-corrected chi connectivity index (χ0v) is 12.7. The van der Waals surface area contributed by atoms with Crippen LogP contribution in [0, 0.1) is 0 Å². The molecule has 0 saturated heterocycles. The summed E-state index contributed by atoms with van der Waals surface area (Å²) in [6.07, 6.45) is 0.0993. The second-order valence-electron chi connectivity index (χ2n) is 5.05. The number of hydrogen-bond acceptors (Lipinski definition) is 4. The van der Waals surface area contributed by atoms with Gasteiger partial charge in [0.25, 0.3) is 0 Å².